The first-order chi connectivity index (χ1) is 8.03. The van der Waals surface area contributed by atoms with Gasteiger partial charge in [-0.3, -0.25) is 9.89 Å². The standard InChI is InChI=1S/C10H13N3O3S/c1-6-4-7(13-12-6)8(14)11-10(9(15)16)2-3-17-5-10/h4H,2-3,5H2,1H3,(H,11,14)(H,12,13)(H,15,16). The minimum Gasteiger partial charge on any atom is -0.479 e. The summed E-state index contributed by atoms with van der Waals surface area (Å²) in [5.74, 6) is -0.286. The zero-order valence-electron chi connectivity index (χ0n) is 9.32. The van der Waals surface area contributed by atoms with Crippen LogP contribution < -0.4 is 5.32 Å². The van der Waals surface area contributed by atoms with Gasteiger partial charge in [0.2, 0.25) is 0 Å². The Bertz CT molecular complexity index is 451. The third-order valence-corrected chi connectivity index (χ3v) is 3.91. The molecule has 0 aromatic carbocycles. The summed E-state index contributed by atoms with van der Waals surface area (Å²) >= 11 is 1.53. The first-order valence-electron chi connectivity index (χ1n) is 5.19. The van der Waals surface area contributed by atoms with E-state index in [9.17, 15) is 14.7 Å². The molecule has 3 N–H and O–H groups in total. The topological polar surface area (TPSA) is 95.1 Å². The summed E-state index contributed by atoms with van der Waals surface area (Å²) in [6.07, 6.45) is 0.447. The highest BCUT2D eigenvalue weighted by Crippen LogP contribution is 2.28. The zero-order chi connectivity index (χ0) is 12.5. The van der Waals surface area contributed by atoms with Gasteiger partial charge in [0.05, 0.1) is 0 Å². The third-order valence-electron chi connectivity index (χ3n) is 2.72. The minimum absolute atomic E-state index is 0.222. The van der Waals surface area contributed by atoms with Crippen LogP contribution in [0.25, 0.3) is 0 Å². The number of amides is 1. The number of carboxylic acids is 1. The second-order valence-electron chi connectivity index (χ2n) is 4.08. The average Bonchev–Trinajstić information content (AvgIpc) is 2.87. The first kappa shape index (κ1) is 12.0. The number of carboxylic acid groups (broad SMARTS) is 1. The van der Waals surface area contributed by atoms with E-state index in [1.165, 1.54) is 11.8 Å². The number of carbonyl (C=O) groups is 2. The molecule has 17 heavy (non-hydrogen) atoms. The van der Waals surface area contributed by atoms with Gasteiger partial charge in [0.1, 0.15) is 11.2 Å². The molecule has 2 heterocycles. The number of hydrogen-bond donors (Lipinski definition) is 3. The maximum absolute atomic E-state index is 11.9. The van der Waals surface area contributed by atoms with E-state index in [1.807, 2.05) is 0 Å². The fourth-order valence-corrected chi connectivity index (χ4v) is 3.03. The summed E-state index contributed by atoms with van der Waals surface area (Å²) in [5.41, 5.74) is -0.158. The van der Waals surface area contributed by atoms with Crippen LogP contribution in [-0.2, 0) is 4.79 Å². The Morgan fingerprint density at radius 3 is 2.88 bits per heavy atom. The van der Waals surface area contributed by atoms with E-state index in [-0.39, 0.29) is 5.69 Å². The SMILES string of the molecule is Cc1cc(C(=O)NC2(C(=O)O)CCSC2)n[nH]1. The van der Waals surface area contributed by atoms with Gasteiger partial charge in [-0.1, -0.05) is 0 Å². The Morgan fingerprint density at radius 1 is 1.65 bits per heavy atom. The quantitative estimate of drug-likeness (QED) is 0.727. The molecule has 1 saturated heterocycles. The number of aryl methyl sites for hydroxylation is 1. The lowest BCUT2D eigenvalue weighted by Crippen LogP contribution is -2.54. The predicted octanol–water partition coefficient (Wildman–Crippen LogP) is 0.408. The van der Waals surface area contributed by atoms with Crippen LogP contribution >= 0.6 is 11.8 Å². The molecule has 1 fully saturated rings. The molecular weight excluding hydrogens is 242 g/mol. The maximum Gasteiger partial charge on any atom is 0.330 e. The van der Waals surface area contributed by atoms with Crippen molar-refractivity contribution in [2.24, 2.45) is 0 Å². The van der Waals surface area contributed by atoms with Crippen LogP contribution in [0.1, 0.15) is 22.6 Å². The second-order valence-corrected chi connectivity index (χ2v) is 5.19. The van der Waals surface area contributed by atoms with Crippen molar-refractivity contribution in [2.45, 2.75) is 18.9 Å². The summed E-state index contributed by atoms with van der Waals surface area (Å²) in [5, 5.41) is 18.3. The number of aromatic amines is 1. The van der Waals surface area contributed by atoms with Crippen molar-refractivity contribution in [1.82, 2.24) is 15.5 Å². The molecular formula is C10H13N3O3S. The van der Waals surface area contributed by atoms with E-state index in [4.69, 9.17) is 0 Å². The minimum atomic E-state index is -1.14. The molecule has 1 aromatic heterocycles. The number of rotatable bonds is 3. The normalized spacial score (nSPS) is 23.6. The van der Waals surface area contributed by atoms with Gasteiger partial charge >= 0.3 is 5.97 Å². The highest BCUT2D eigenvalue weighted by atomic mass is 32.2. The fourth-order valence-electron chi connectivity index (χ4n) is 1.70. The summed E-state index contributed by atoms with van der Waals surface area (Å²) in [6.45, 7) is 1.78. The molecule has 0 radical (unpaired) electrons. The summed E-state index contributed by atoms with van der Waals surface area (Å²) in [6, 6.07) is 1.59. The molecule has 0 spiro atoms. The van der Waals surface area contributed by atoms with Crippen LogP contribution in [0.3, 0.4) is 0 Å². The average molecular weight is 255 g/mol. The molecule has 6 nitrogen and oxygen atoms in total. The van der Waals surface area contributed by atoms with Crippen LogP contribution in [0, 0.1) is 6.92 Å². The number of H-pyrrole nitrogens is 1. The van der Waals surface area contributed by atoms with Gasteiger partial charge < -0.3 is 10.4 Å². The Balaban J connectivity index is 2.14. The molecule has 0 saturated carbocycles. The number of nitrogens with one attached hydrogen (secondary N) is 2. The Hall–Kier alpha value is -1.50. The first-order valence-corrected chi connectivity index (χ1v) is 6.35. The van der Waals surface area contributed by atoms with Crippen molar-refractivity contribution < 1.29 is 14.7 Å². The molecule has 0 aliphatic carbocycles. The predicted molar refractivity (Wildman–Crippen MR) is 63.1 cm³/mol. The van der Waals surface area contributed by atoms with Crippen LogP contribution in [-0.4, -0.2) is 44.2 Å². The number of aromatic nitrogens is 2. The maximum atomic E-state index is 11.9. The monoisotopic (exact) mass is 255 g/mol. The van der Waals surface area contributed by atoms with Crippen molar-refractivity contribution in [3.05, 3.63) is 17.5 Å². The Morgan fingerprint density at radius 2 is 2.41 bits per heavy atom. The molecule has 1 amide bonds. The van der Waals surface area contributed by atoms with Crippen molar-refractivity contribution in [3.8, 4) is 0 Å². The van der Waals surface area contributed by atoms with Crippen molar-refractivity contribution in [1.29, 1.82) is 0 Å². The molecule has 2 rings (SSSR count). The lowest BCUT2D eigenvalue weighted by Gasteiger charge is -2.23. The van der Waals surface area contributed by atoms with Gasteiger partial charge in [0, 0.05) is 11.4 Å². The highest BCUT2D eigenvalue weighted by molar-refractivity contribution is 7.99. The lowest BCUT2D eigenvalue weighted by molar-refractivity contribution is -0.143. The zero-order valence-corrected chi connectivity index (χ0v) is 10.1. The number of thioether (sulfide) groups is 1. The van der Waals surface area contributed by atoms with E-state index in [0.29, 0.717) is 12.2 Å². The molecule has 92 valence electrons. The second kappa shape index (κ2) is 4.40. The Kier molecular flexibility index (Phi) is 3.10. The molecule has 7 heteroatoms. The van der Waals surface area contributed by atoms with Gasteiger partial charge in [0.15, 0.2) is 0 Å². The molecule has 0 bridgehead atoms. The van der Waals surface area contributed by atoms with E-state index in [1.54, 1.807) is 13.0 Å². The molecule has 1 unspecified atom stereocenters. The van der Waals surface area contributed by atoms with Crippen LogP contribution in [0.15, 0.2) is 6.07 Å². The highest BCUT2D eigenvalue weighted by Gasteiger charge is 2.43. The van der Waals surface area contributed by atoms with E-state index < -0.39 is 17.4 Å². The van der Waals surface area contributed by atoms with Gasteiger partial charge in [-0.05, 0) is 25.2 Å². The van der Waals surface area contributed by atoms with Gasteiger partial charge in [-0.25, -0.2) is 4.79 Å². The summed E-state index contributed by atoms with van der Waals surface area (Å²) in [7, 11) is 0. The van der Waals surface area contributed by atoms with Crippen molar-refractivity contribution >= 4 is 23.6 Å². The lowest BCUT2D eigenvalue weighted by atomic mass is 9.99. The van der Waals surface area contributed by atoms with Crippen LogP contribution in [0.5, 0.6) is 0 Å². The van der Waals surface area contributed by atoms with Gasteiger partial charge in [-0.15, -0.1) is 0 Å². The van der Waals surface area contributed by atoms with Gasteiger partial charge in [0.25, 0.3) is 5.91 Å². The number of nitrogens with zero attached hydrogens (tertiary/aromatic N) is 1. The fraction of sp³-hybridized carbons (Fsp3) is 0.500. The van der Waals surface area contributed by atoms with Crippen molar-refractivity contribution in [2.75, 3.05) is 11.5 Å². The Labute approximate surface area is 102 Å². The smallest absolute Gasteiger partial charge is 0.330 e. The molecule has 1 atom stereocenters. The summed E-state index contributed by atoms with van der Waals surface area (Å²) in [4.78, 5) is 23.1. The number of aliphatic carboxylic acids is 1. The number of hydrogen-bond acceptors (Lipinski definition) is 4. The van der Waals surface area contributed by atoms with Crippen molar-refractivity contribution in [3.63, 3.8) is 0 Å². The molecule has 1 aliphatic heterocycles. The van der Waals surface area contributed by atoms with E-state index in [0.717, 1.165) is 11.4 Å². The van der Waals surface area contributed by atoms with E-state index >= 15 is 0 Å². The largest absolute Gasteiger partial charge is 0.479 e. The molecule has 1 aromatic rings. The molecule has 1 aliphatic rings. The van der Waals surface area contributed by atoms with E-state index in [2.05, 4.69) is 15.5 Å². The summed E-state index contributed by atoms with van der Waals surface area (Å²) < 4.78 is 0. The third kappa shape index (κ3) is 2.28. The van der Waals surface area contributed by atoms with Crippen LogP contribution in [0.4, 0.5) is 0 Å². The number of carbonyl (C=O) groups excluding carboxylic acids is 1. The van der Waals surface area contributed by atoms with Gasteiger partial charge in [-0.2, -0.15) is 16.9 Å². The van der Waals surface area contributed by atoms with Crippen LogP contribution in [0.2, 0.25) is 0 Å².